The molecule has 0 saturated carbocycles. The van der Waals surface area contributed by atoms with Crippen LogP contribution in [0.15, 0.2) is 39.6 Å². The van der Waals surface area contributed by atoms with Crippen LogP contribution in [0.25, 0.3) is 5.57 Å². The Morgan fingerprint density at radius 1 is 1.18 bits per heavy atom. The molecule has 1 aliphatic carbocycles. The second kappa shape index (κ2) is 8.46. The molecule has 2 aliphatic rings. The van der Waals surface area contributed by atoms with Crippen molar-refractivity contribution in [3.8, 4) is 0 Å². The summed E-state index contributed by atoms with van der Waals surface area (Å²) in [6.45, 7) is 4.61. The summed E-state index contributed by atoms with van der Waals surface area (Å²) in [5.41, 5.74) is 3.23. The van der Waals surface area contributed by atoms with Crippen LogP contribution in [0.5, 0.6) is 0 Å². The molecule has 0 amide bonds. The lowest BCUT2D eigenvalue weighted by Gasteiger charge is -2.25. The summed E-state index contributed by atoms with van der Waals surface area (Å²) in [5.74, 6) is 2.09. The van der Waals surface area contributed by atoms with Crippen molar-refractivity contribution in [2.45, 2.75) is 46.1 Å². The summed E-state index contributed by atoms with van der Waals surface area (Å²) in [7, 11) is 5.07. The monoisotopic (exact) mass is 384 g/mol. The molecule has 7 nitrogen and oxygen atoms in total. The minimum Gasteiger partial charge on any atom is -0.497 e. The maximum Gasteiger partial charge on any atom is 0.279 e. The number of ether oxygens (including phenoxy) is 2. The highest BCUT2D eigenvalue weighted by molar-refractivity contribution is 5.90. The fourth-order valence-electron chi connectivity index (χ4n) is 3.63. The number of nitrogens with zero attached hydrogens (tertiary/aromatic N) is 4. The normalized spacial score (nSPS) is 16.4. The van der Waals surface area contributed by atoms with Crippen LogP contribution in [0, 0.1) is 0 Å². The number of hydrogen-bond acceptors (Lipinski definition) is 6. The third-order valence-electron chi connectivity index (χ3n) is 4.98. The molecule has 150 valence electrons. The number of allylic oxidation sites excluding steroid dienone is 4. The van der Waals surface area contributed by atoms with E-state index in [1.54, 1.807) is 23.8 Å². The average molecular weight is 384 g/mol. The van der Waals surface area contributed by atoms with Crippen LogP contribution in [0.3, 0.4) is 0 Å². The summed E-state index contributed by atoms with van der Waals surface area (Å²) in [6, 6.07) is 0. The van der Waals surface area contributed by atoms with Crippen molar-refractivity contribution >= 4 is 17.0 Å². The zero-order valence-corrected chi connectivity index (χ0v) is 17.3. The Morgan fingerprint density at radius 3 is 2.61 bits per heavy atom. The number of rotatable bonds is 6. The Morgan fingerprint density at radius 2 is 1.96 bits per heavy atom. The fourth-order valence-corrected chi connectivity index (χ4v) is 3.63. The highest BCUT2D eigenvalue weighted by Gasteiger charge is 2.25. The summed E-state index contributed by atoms with van der Waals surface area (Å²) in [6.07, 6.45) is 8.91. The van der Waals surface area contributed by atoms with Gasteiger partial charge in [0.15, 0.2) is 5.76 Å². The number of hydrazone groups is 1. The zero-order chi connectivity index (χ0) is 20.3. The number of hydrogen-bond donors (Lipinski definition) is 0. The number of fused-ring (bicyclic) bond motifs is 1. The summed E-state index contributed by atoms with van der Waals surface area (Å²) in [4.78, 5) is 18.1. The maximum absolute atomic E-state index is 13.2. The van der Waals surface area contributed by atoms with Gasteiger partial charge in [0.1, 0.15) is 17.3 Å². The van der Waals surface area contributed by atoms with Gasteiger partial charge in [0.25, 0.3) is 5.56 Å². The summed E-state index contributed by atoms with van der Waals surface area (Å²) in [5, 5.41) is 6.26. The molecule has 28 heavy (non-hydrogen) atoms. The maximum atomic E-state index is 13.2. The van der Waals surface area contributed by atoms with Crippen molar-refractivity contribution in [1.29, 1.82) is 0 Å². The molecule has 0 spiro atoms. The Bertz CT molecular complexity index is 938. The molecule has 0 saturated heterocycles. The molecule has 0 bridgehead atoms. The van der Waals surface area contributed by atoms with Crippen LogP contribution in [0.1, 0.15) is 44.6 Å². The van der Waals surface area contributed by atoms with Crippen molar-refractivity contribution in [1.82, 2.24) is 9.55 Å². The van der Waals surface area contributed by atoms with E-state index in [1.807, 2.05) is 32.2 Å². The lowest BCUT2D eigenvalue weighted by Crippen LogP contribution is -2.35. The Hall–Kier alpha value is -2.83. The van der Waals surface area contributed by atoms with Gasteiger partial charge in [0.2, 0.25) is 0 Å². The Balaban J connectivity index is 2.09. The molecule has 1 aromatic rings. The molecule has 0 unspecified atom stereocenters. The van der Waals surface area contributed by atoms with E-state index in [2.05, 4.69) is 12.0 Å². The molecule has 1 aromatic heterocycles. The highest BCUT2D eigenvalue weighted by atomic mass is 16.5. The summed E-state index contributed by atoms with van der Waals surface area (Å²) < 4.78 is 12.5. The molecule has 0 radical (unpaired) electrons. The van der Waals surface area contributed by atoms with E-state index in [1.165, 1.54) is 0 Å². The van der Waals surface area contributed by atoms with Crippen molar-refractivity contribution < 1.29 is 9.47 Å². The number of aromatic nitrogens is 2. The van der Waals surface area contributed by atoms with Crippen molar-refractivity contribution in [2.24, 2.45) is 5.10 Å². The standard InChI is InChI=1S/C21H28N4O3/c1-6-8-15-13-16-19(24(3)23-15)21(26)25(7-2)20(22-16)14-9-11-17(27-4)18(28-5)12-10-14/h9-11H,6-8,12-13H2,1-5H3. The molecule has 0 N–H and O–H groups in total. The first-order valence-corrected chi connectivity index (χ1v) is 9.67. The molecule has 1 aliphatic heterocycles. The molecule has 0 atom stereocenters. The highest BCUT2D eigenvalue weighted by Crippen LogP contribution is 2.27. The van der Waals surface area contributed by atoms with Gasteiger partial charge in [-0.2, -0.15) is 5.10 Å². The van der Waals surface area contributed by atoms with Gasteiger partial charge in [-0.25, -0.2) is 4.98 Å². The van der Waals surface area contributed by atoms with Crippen LogP contribution in [-0.4, -0.2) is 36.5 Å². The van der Waals surface area contributed by atoms with Crippen molar-refractivity contribution in [3.05, 3.63) is 51.6 Å². The third-order valence-corrected chi connectivity index (χ3v) is 4.98. The van der Waals surface area contributed by atoms with Crippen molar-refractivity contribution in [3.63, 3.8) is 0 Å². The number of anilines is 1. The van der Waals surface area contributed by atoms with Gasteiger partial charge in [0.05, 0.1) is 19.9 Å². The van der Waals surface area contributed by atoms with Gasteiger partial charge in [-0.1, -0.05) is 19.4 Å². The minimum atomic E-state index is -0.0604. The largest absolute Gasteiger partial charge is 0.497 e. The van der Waals surface area contributed by atoms with Crippen LogP contribution < -0.4 is 10.6 Å². The predicted octanol–water partition coefficient (Wildman–Crippen LogP) is 3.26. The minimum absolute atomic E-state index is 0.0604. The Labute approximate surface area is 165 Å². The van der Waals surface area contributed by atoms with Gasteiger partial charge in [-0.05, 0) is 25.5 Å². The quantitative estimate of drug-likeness (QED) is 0.753. The molecule has 0 fully saturated rings. The van der Waals surface area contributed by atoms with Crippen LogP contribution in [-0.2, 0) is 22.4 Å². The second-order valence-electron chi connectivity index (χ2n) is 6.79. The van der Waals surface area contributed by atoms with Gasteiger partial charge in [0, 0.05) is 37.7 Å². The molecule has 2 heterocycles. The first-order chi connectivity index (χ1) is 13.5. The van der Waals surface area contributed by atoms with E-state index >= 15 is 0 Å². The van der Waals surface area contributed by atoms with Gasteiger partial charge < -0.3 is 9.47 Å². The van der Waals surface area contributed by atoms with Gasteiger partial charge >= 0.3 is 0 Å². The van der Waals surface area contributed by atoms with E-state index in [4.69, 9.17) is 14.5 Å². The first-order valence-electron chi connectivity index (χ1n) is 9.67. The van der Waals surface area contributed by atoms with Gasteiger partial charge in [-0.3, -0.25) is 14.4 Å². The van der Waals surface area contributed by atoms with Gasteiger partial charge in [-0.15, -0.1) is 0 Å². The smallest absolute Gasteiger partial charge is 0.279 e. The Kier molecular flexibility index (Phi) is 6.02. The molecule has 0 aromatic carbocycles. The second-order valence-corrected chi connectivity index (χ2v) is 6.79. The zero-order valence-electron chi connectivity index (χ0n) is 17.3. The third kappa shape index (κ3) is 3.61. The molecule has 3 rings (SSSR count). The average Bonchev–Trinajstić information content (AvgIpc) is 2.89. The predicted molar refractivity (Wildman–Crippen MR) is 111 cm³/mol. The lowest BCUT2D eigenvalue weighted by molar-refractivity contribution is 0.227. The fraction of sp³-hybridized carbons (Fsp3) is 0.476. The van der Waals surface area contributed by atoms with E-state index in [0.29, 0.717) is 36.7 Å². The van der Waals surface area contributed by atoms with E-state index in [0.717, 1.165) is 35.6 Å². The van der Waals surface area contributed by atoms with Crippen LogP contribution >= 0.6 is 0 Å². The molecular formula is C21H28N4O3. The topological polar surface area (TPSA) is 69.0 Å². The van der Waals surface area contributed by atoms with Crippen molar-refractivity contribution in [2.75, 3.05) is 26.3 Å². The van der Waals surface area contributed by atoms with Crippen LogP contribution in [0.2, 0.25) is 0 Å². The molecule has 7 heteroatoms. The number of methoxy groups -OCH3 is 2. The molecular weight excluding hydrogens is 356 g/mol. The van der Waals surface area contributed by atoms with Crippen LogP contribution in [0.4, 0.5) is 5.69 Å². The lowest BCUT2D eigenvalue weighted by atomic mass is 10.1. The summed E-state index contributed by atoms with van der Waals surface area (Å²) >= 11 is 0. The van der Waals surface area contributed by atoms with E-state index in [9.17, 15) is 4.79 Å². The van der Waals surface area contributed by atoms with E-state index < -0.39 is 0 Å². The first kappa shape index (κ1) is 19.9. The van der Waals surface area contributed by atoms with E-state index in [-0.39, 0.29) is 5.56 Å². The SMILES string of the molecule is CCCC1=NN(C)c2c(nc(C3=CCC(OC)=C(OC)C=C3)n(CC)c2=O)C1.